The third kappa shape index (κ3) is 7.24. The van der Waals surface area contributed by atoms with Gasteiger partial charge in [0.25, 0.3) is 6.47 Å². The highest BCUT2D eigenvalue weighted by molar-refractivity contribution is 5.90. The third-order valence-electron chi connectivity index (χ3n) is 10.5. The first-order valence-electron chi connectivity index (χ1n) is 17.8. The van der Waals surface area contributed by atoms with E-state index in [2.05, 4.69) is 84.0 Å². The van der Waals surface area contributed by atoms with Crippen LogP contribution in [0.1, 0.15) is 51.8 Å². The van der Waals surface area contributed by atoms with Gasteiger partial charge in [-0.25, -0.2) is 9.83 Å². The molecule has 2 fully saturated rings. The summed E-state index contributed by atoms with van der Waals surface area (Å²) in [7, 11) is 1.71. The zero-order chi connectivity index (χ0) is 36.4. The van der Waals surface area contributed by atoms with Crippen LogP contribution in [0.2, 0.25) is 0 Å². The standard InChI is InChI=1S/C43H44N4O5/c1-27-18-33(23-47-16-14-34(49)24-47)41(50-5)21-32(27)13-12-31-8-6-9-36(28(31)2)37-10-7-11-38(29(37)3)43-45-40-20-30(19-39(44-4)42(40)52-43)22-46-17-15-35(25-46)51-26-48/h6-13,18-21,26,34-35,49H,14-17,22-25H2,1-3,5H3/b13-12+/t34-,35-/m0/s1. The summed E-state index contributed by atoms with van der Waals surface area (Å²) in [5.74, 6) is 1.34. The summed E-state index contributed by atoms with van der Waals surface area (Å²) in [6.45, 7) is 19.2. The molecular formula is C43H44N4O5. The molecule has 9 heteroatoms. The number of nitrogens with zero attached hydrogens (tertiary/aromatic N) is 4. The van der Waals surface area contributed by atoms with Crippen molar-refractivity contribution in [2.24, 2.45) is 0 Å². The lowest BCUT2D eigenvalue weighted by Gasteiger charge is -2.18. The number of fused-ring (bicyclic) bond motifs is 1. The molecule has 1 N–H and O–H groups in total. The monoisotopic (exact) mass is 696 g/mol. The number of likely N-dealkylation sites (tertiary alicyclic amines) is 2. The normalized spacial score (nSPS) is 18.0. The number of ether oxygens (including phenoxy) is 2. The van der Waals surface area contributed by atoms with Crippen molar-refractivity contribution in [3.63, 3.8) is 0 Å². The zero-order valence-corrected chi connectivity index (χ0v) is 30.2. The van der Waals surface area contributed by atoms with Crippen LogP contribution in [0, 0.1) is 27.3 Å². The molecule has 52 heavy (non-hydrogen) atoms. The van der Waals surface area contributed by atoms with Crippen LogP contribution in [0.15, 0.2) is 65.1 Å². The summed E-state index contributed by atoms with van der Waals surface area (Å²) in [6, 6.07) is 20.7. The van der Waals surface area contributed by atoms with Crippen LogP contribution in [0.5, 0.6) is 5.75 Å². The lowest BCUT2D eigenvalue weighted by atomic mass is 9.91. The van der Waals surface area contributed by atoms with Gasteiger partial charge in [-0.05, 0) is 102 Å². The van der Waals surface area contributed by atoms with E-state index < -0.39 is 0 Å². The van der Waals surface area contributed by atoms with Crippen LogP contribution in [-0.4, -0.2) is 71.9 Å². The van der Waals surface area contributed by atoms with Crippen molar-refractivity contribution in [2.75, 3.05) is 33.3 Å². The molecule has 2 saturated heterocycles. The second kappa shape index (κ2) is 15.1. The van der Waals surface area contributed by atoms with Gasteiger partial charge in [0.2, 0.25) is 11.6 Å². The Balaban J connectivity index is 1.15. The van der Waals surface area contributed by atoms with E-state index >= 15 is 0 Å². The molecule has 0 radical (unpaired) electrons. The van der Waals surface area contributed by atoms with Gasteiger partial charge in [0.1, 0.15) is 11.9 Å². The number of aliphatic hydroxyl groups excluding tert-OH is 1. The number of oxazole rings is 1. The van der Waals surface area contributed by atoms with Gasteiger partial charge in [-0.3, -0.25) is 14.6 Å². The molecule has 7 rings (SSSR count). The molecule has 2 aliphatic heterocycles. The van der Waals surface area contributed by atoms with Gasteiger partial charge in [-0.2, -0.15) is 0 Å². The van der Waals surface area contributed by atoms with Gasteiger partial charge in [-0.1, -0.05) is 48.6 Å². The highest BCUT2D eigenvalue weighted by atomic mass is 16.5. The summed E-state index contributed by atoms with van der Waals surface area (Å²) in [6.07, 6.45) is 5.59. The maximum absolute atomic E-state index is 10.8. The van der Waals surface area contributed by atoms with Gasteiger partial charge >= 0.3 is 0 Å². The Bertz CT molecular complexity index is 2200. The van der Waals surface area contributed by atoms with Crippen molar-refractivity contribution in [3.05, 3.63) is 111 Å². The van der Waals surface area contributed by atoms with Gasteiger partial charge in [0.15, 0.2) is 5.58 Å². The van der Waals surface area contributed by atoms with Gasteiger partial charge < -0.3 is 19.0 Å². The Morgan fingerprint density at radius 1 is 0.923 bits per heavy atom. The topological polar surface area (TPSA) is 92.6 Å². The number of hydrogen-bond acceptors (Lipinski definition) is 8. The van der Waals surface area contributed by atoms with Crippen molar-refractivity contribution < 1.29 is 23.8 Å². The zero-order valence-electron chi connectivity index (χ0n) is 30.2. The molecule has 2 atom stereocenters. The molecule has 0 saturated carbocycles. The number of rotatable bonds is 11. The largest absolute Gasteiger partial charge is 0.496 e. The summed E-state index contributed by atoms with van der Waals surface area (Å²) in [4.78, 5) is 24.0. The quantitative estimate of drug-likeness (QED) is 0.0841. The molecule has 0 amide bonds. The third-order valence-corrected chi connectivity index (χ3v) is 10.5. The molecule has 266 valence electrons. The Labute approximate surface area is 304 Å². The van der Waals surface area contributed by atoms with Crippen LogP contribution >= 0.6 is 0 Å². The van der Waals surface area contributed by atoms with Crippen molar-refractivity contribution >= 4 is 35.4 Å². The summed E-state index contributed by atoms with van der Waals surface area (Å²) in [5.41, 5.74) is 12.4. The lowest BCUT2D eigenvalue weighted by Crippen LogP contribution is -2.22. The second-order valence-corrected chi connectivity index (χ2v) is 14.0. The summed E-state index contributed by atoms with van der Waals surface area (Å²) >= 11 is 0. The fraction of sp³-hybridized carbons (Fsp3) is 0.326. The van der Waals surface area contributed by atoms with Crippen molar-refractivity contribution in [1.82, 2.24) is 14.8 Å². The molecule has 0 aliphatic carbocycles. The van der Waals surface area contributed by atoms with Crippen LogP contribution in [0.4, 0.5) is 5.69 Å². The van der Waals surface area contributed by atoms with E-state index in [1.807, 2.05) is 24.3 Å². The Kier molecular flexibility index (Phi) is 10.2. The molecule has 2 aliphatic rings. The number of aliphatic hydroxyl groups is 1. The average Bonchev–Trinajstić information content (AvgIpc) is 3.88. The maximum atomic E-state index is 10.8. The van der Waals surface area contributed by atoms with Crippen LogP contribution < -0.4 is 4.74 Å². The maximum Gasteiger partial charge on any atom is 0.293 e. The molecule has 1 aromatic heterocycles. The number of benzene rings is 4. The van der Waals surface area contributed by atoms with E-state index in [1.54, 1.807) is 7.11 Å². The molecular weight excluding hydrogens is 652 g/mol. The number of carbonyl (C=O) groups is 1. The number of carbonyl (C=O) groups excluding carboxylic acids is 1. The summed E-state index contributed by atoms with van der Waals surface area (Å²) < 4.78 is 17.3. The molecule has 4 aromatic carbocycles. The van der Waals surface area contributed by atoms with E-state index in [9.17, 15) is 9.90 Å². The molecule has 0 spiro atoms. The first-order valence-corrected chi connectivity index (χ1v) is 17.8. The van der Waals surface area contributed by atoms with Crippen molar-refractivity contribution in [3.8, 4) is 28.3 Å². The van der Waals surface area contributed by atoms with Crippen LogP contribution in [-0.2, 0) is 22.6 Å². The lowest BCUT2D eigenvalue weighted by molar-refractivity contribution is -0.132. The van der Waals surface area contributed by atoms with Crippen molar-refractivity contribution in [2.45, 2.75) is 58.9 Å². The number of β-amino-alcohol motifs (C(OH)–C–C–N with tert-alkyl or cyclic N) is 1. The Morgan fingerprint density at radius 3 is 2.40 bits per heavy atom. The SMILES string of the molecule is [C-]#[N+]c1cc(CN2CC[C@H](OC=O)C2)cc2nc(-c3cccc(-c4cccc(/C=C/c5cc(OC)c(CN6CC[C@H](O)C6)cc5C)c4C)c3C)oc12. The number of aromatic nitrogens is 1. The Hall–Kier alpha value is -5.27. The highest BCUT2D eigenvalue weighted by Gasteiger charge is 2.25. The van der Waals surface area contributed by atoms with Crippen LogP contribution in [0.25, 0.3) is 50.7 Å². The minimum atomic E-state index is -0.249. The molecule has 0 bridgehead atoms. The fourth-order valence-corrected chi connectivity index (χ4v) is 7.67. The molecule has 0 unspecified atom stereocenters. The van der Waals surface area contributed by atoms with E-state index in [0.29, 0.717) is 48.8 Å². The second-order valence-electron chi connectivity index (χ2n) is 14.0. The minimum Gasteiger partial charge on any atom is -0.496 e. The number of methoxy groups -OCH3 is 1. The first kappa shape index (κ1) is 35.1. The van der Waals surface area contributed by atoms with E-state index in [-0.39, 0.29) is 12.2 Å². The van der Waals surface area contributed by atoms with Crippen LogP contribution in [0.3, 0.4) is 0 Å². The van der Waals surface area contributed by atoms with E-state index in [0.717, 1.165) is 88.3 Å². The predicted molar refractivity (Wildman–Crippen MR) is 204 cm³/mol. The molecule has 3 heterocycles. The van der Waals surface area contributed by atoms with Gasteiger partial charge in [0.05, 0.1) is 25.3 Å². The van der Waals surface area contributed by atoms with Gasteiger partial charge in [0, 0.05) is 50.4 Å². The van der Waals surface area contributed by atoms with Gasteiger partial charge in [-0.15, -0.1) is 0 Å². The predicted octanol–water partition coefficient (Wildman–Crippen LogP) is 8.13. The fourth-order valence-electron chi connectivity index (χ4n) is 7.67. The molecule has 5 aromatic rings. The van der Waals surface area contributed by atoms with E-state index in [1.165, 1.54) is 5.56 Å². The summed E-state index contributed by atoms with van der Waals surface area (Å²) in [5, 5.41) is 9.98. The minimum absolute atomic E-state index is 0.0938. The number of aryl methyl sites for hydroxylation is 1. The smallest absolute Gasteiger partial charge is 0.293 e. The average molecular weight is 697 g/mol. The highest BCUT2D eigenvalue weighted by Crippen LogP contribution is 2.38. The first-order chi connectivity index (χ1) is 25.2. The Morgan fingerprint density at radius 2 is 1.65 bits per heavy atom. The van der Waals surface area contributed by atoms with Crippen molar-refractivity contribution in [1.29, 1.82) is 0 Å². The van der Waals surface area contributed by atoms with E-state index in [4.69, 9.17) is 25.4 Å². The number of hydrogen-bond donors (Lipinski definition) is 1. The molecule has 9 nitrogen and oxygen atoms in total.